The number of benzene rings is 2. The van der Waals surface area contributed by atoms with E-state index in [1.165, 1.54) is 5.56 Å². The van der Waals surface area contributed by atoms with Crippen LogP contribution >= 0.6 is 0 Å². The molecule has 0 aliphatic heterocycles. The van der Waals surface area contributed by atoms with Crippen molar-refractivity contribution in [3.63, 3.8) is 0 Å². The Bertz CT molecular complexity index is 1250. The SMILES string of the molecule is CCC(C)S(=O)c1ccc(-c2cnc(C)c(-c3nnc(-c4ccc(CNC)cc4)o3)n2)cc1. The molecule has 8 heteroatoms. The van der Waals surface area contributed by atoms with Crippen LogP contribution in [0.2, 0.25) is 0 Å². The quantitative estimate of drug-likeness (QED) is 0.403. The summed E-state index contributed by atoms with van der Waals surface area (Å²) < 4.78 is 18.5. The largest absolute Gasteiger partial charge is 0.415 e. The fourth-order valence-electron chi connectivity index (χ4n) is 3.34. The highest BCUT2D eigenvalue weighted by Gasteiger charge is 2.17. The minimum Gasteiger partial charge on any atom is -0.415 e. The molecule has 0 spiro atoms. The number of hydrogen-bond acceptors (Lipinski definition) is 7. The standard InChI is InChI=1S/C25H27N5O2S/c1-5-16(2)33(31)21-12-10-19(11-13-21)22-15-27-17(3)23(28-22)25-30-29-24(32-25)20-8-6-18(7-9-20)14-26-4/h6-13,15-16,26H,5,14H2,1-4H3. The number of nitrogens with one attached hydrogen (secondary N) is 1. The maximum Gasteiger partial charge on any atom is 0.268 e. The molecule has 0 fully saturated rings. The molecule has 170 valence electrons. The molecule has 7 nitrogen and oxygen atoms in total. The Morgan fingerprint density at radius 2 is 1.67 bits per heavy atom. The zero-order chi connectivity index (χ0) is 23.4. The van der Waals surface area contributed by atoms with Crippen molar-refractivity contribution in [2.75, 3.05) is 7.05 Å². The van der Waals surface area contributed by atoms with Gasteiger partial charge in [-0.25, -0.2) is 4.98 Å². The van der Waals surface area contributed by atoms with Crippen LogP contribution in [0.1, 0.15) is 31.5 Å². The van der Waals surface area contributed by atoms with Gasteiger partial charge in [-0.15, -0.1) is 10.2 Å². The summed E-state index contributed by atoms with van der Waals surface area (Å²) in [5.74, 6) is 0.759. The minimum absolute atomic E-state index is 0.118. The van der Waals surface area contributed by atoms with Crippen LogP contribution in [0.25, 0.3) is 34.3 Å². The normalized spacial score (nSPS) is 13.1. The van der Waals surface area contributed by atoms with Crippen molar-refractivity contribution < 1.29 is 8.63 Å². The highest BCUT2D eigenvalue weighted by Crippen LogP contribution is 2.27. The Balaban J connectivity index is 1.60. The third kappa shape index (κ3) is 5.07. The van der Waals surface area contributed by atoms with Gasteiger partial charge in [-0.05, 0) is 50.2 Å². The highest BCUT2D eigenvalue weighted by atomic mass is 32.2. The van der Waals surface area contributed by atoms with Crippen LogP contribution in [0.3, 0.4) is 0 Å². The monoisotopic (exact) mass is 461 g/mol. The van der Waals surface area contributed by atoms with Gasteiger partial charge in [-0.1, -0.05) is 38.1 Å². The first-order chi connectivity index (χ1) is 16.0. The fourth-order valence-corrected chi connectivity index (χ4v) is 4.51. The molecular formula is C25H27N5O2S. The molecular weight excluding hydrogens is 434 g/mol. The minimum atomic E-state index is -1.02. The molecule has 2 heterocycles. The first kappa shape index (κ1) is 22.9. The summed E-state index contributed by atoms with van der Waals surface area (Å²) in [4.78, 5) is 10.0. The Morgan fingerprint density at radius 3 is 2.33 bits per heavy atom. The number of aromatic nitrogens is 4. The summed E-state index contributed by atoms with van der Waals surface area (Å²) in [6.07, 6.45) is 2.59. The van der Waals surface area contributed by atoms with Crippen LogP contribution in [0, 0.1) is 6.92 Å². The molecule has 0 amide bonds. The van der Waals surface area contributed by atoms with Crippen molar-refractivity contribution in [2.24, 2.45) is 0 Å². The molecule has 2 aromatic carbocycles. The first-order valence-corrected chi connectivity index (χ1v) is 12.1. The molecule has 0 radical (unpaired) electrons. The molecule has 0 bridgehead atoms. The topological polar surface area (TPSA) is 93.8 Å². The lowest BCUT2D eigenvalue weighted by atomic mass is 10.1. The van der Waals surface area contributed by atoms with Gasteiger partial charge in [0, 0.05) is 27.8 Å². The fraction of sp³-hybridized carbons (Fsp3) is 0.280. The van der Waals surface area contributed by atoms with Crippen LogP contribution in [0.15, 0.2) is 64.0 Å². The molecule has 1 N–H and O–H groups in total. The zero-order valence-electron chi connectivity index (χ0n) is 19.2. The first-order valence-electron chi connectivity index (χ1n) is 10.9. The van der Waals surface area contributed by atoms with Gasteiger partial charge in [0.2, 0.25) is 5.89 Å². The lowest BCUT2D eigenvalue weighted by molar-refractivity contribution is 0.581. The van der Waals surface area contributed by atoms with Gasteiger partial charge < -0.3 is 9.73 Å². The number of rotatable bonds is 8. The van der Waals surface area contributed by atoms with Crippen LogP contribution in [0.4, 0.5) is 0 Å². The van der Waals surface area contributed by atoms with Crippen LogP contribution in [0.5, 0.6) is 0 Å². The molecule has 2 aromatic heterocycles. The van der Waals surface area contributed by atoms with Crippen molar-refractivity contribution in [3.8, 4) is 34.3 Å². The van der Waals surface area contributed by atoms with Gasteiger partial charge in [0.1, 0.15) is 5.69 Å². The Labute approximate surface area is 196 Å². The molecule has 0 aliphatic rings. The smallest absolute Gasteiger partial charge is 0.268 e. The highest BCUT2D eigenvalue weighted by molar-refractivity contribution is 7.85. The van der Waals surface area contributed by atoms with Gasteiger partial charge >= 0.3 is 0 Å². The maximum atomic E-state index is 12.5. The van der Waals surface area contributed by atoms with Gasteiger partial charge in [-0.2, -0.15) is 0 Å². The third-order valence-electron chi connectivity index (χ3n) is 5.49. The van der Waals surface area contributed by atoms with E-state index in [1.807, 2.05) is 76.3 Å². The molecule has 0 saturated carbocycles. The third-order valence-corrected chi connectivity index (χ3v) is 7.29. The van der Waals surface area contributed by atoms with Crippen LogP contribution in [-0.4, -0.2) is 36.7 Å². The predicted octanol–water partition coefficient (Wildman–Crippen LogP) is 4.79. The molecule has 0 saturated heterocycles. The maximum absolute atomic E-state index is 12.5. The summed E-state index contributed by atoms with van der Waals surface area (Å²) in [7, 11) is 0.893. The zero-order valence-corrected chi connectivity index (χ0v) is 20.0. The van der Waals surface area contributed by atoms with Gasteiger partial charge in [-0.3, -0.25) is 9.19 Å². The number of nitrogens with zero attached hydrogens (tertiary/aromatic N) is 4. The number of aryl methyl sites for hydroxylation is 1. The van der Waals surface area contributed by atoms with Gasteiger partial charge in [0.05, 0.1) is 28.4 Å². The number of hydrogen-bond donors (Lipinski definition) is 1. The van der Waals surface area contributed by atoms with Gasteiger partial charge in [0.25, 0.3) is 5.89 Å². The van der Waals surface area contributed by atoms with E-state index in [9.17, 15) is 4.21 Å². The van der Waals surface area contributed by atoms with E-state index in [0.29, 0.717) is 28.9 Å². The Hall–Kier alpha value is -3.23. The summed E-state index contributed by atoms with van der Waals surface area (Å²) in [5.41, 5.74) is 4.84. The molecule has 33 heavy (non-hydrogen) atoms. The van der Waals surface area contributed by atoms with Crippen molar-refractivity contribution >= 4 is 10.8 Å². The van der Waals surface area contributed by atoms with E-state index in [1.54, 1.807) is 6.20 Å². The second-order valence-corrected chi connectivity index (χ2v) is 9.74. The molecule has 0 aliphatic carbocycles. The Kier molecular flexibility index (Phi) is 7.05. The van der Waals surface area contributed by atoms with Crippen LogP contribution < -0.4 is 5.32 Å². The van der Waals surface area contributed by atoms with Crippen molar-refractivity contribution in [2.45, 2.75) is 43.9 Å². The van der Waals surface area contributed by atoms with Crippen molar-refractivity contribution in [1.82, 2.24) is 25.5 Å². The van der Waals surface area contributed by atoms with Gasteiger partial charge in [0.15, 0.2) is 0 Å². The summed E-state index contributed by atoms with van der Waals surface area (Å²) >= 11 is 0. The Morgan fingerprint density at radius 1 is 1.00 bits per heavy atom. The molecule has 2 unspecified atom stereocenters. The average molecular weight is 462 g/mol. The second-order valence-electron chi connectivity index (χ2n) is 7.87. The summed E-state index contributed by atoms with van der Waals surface area (Å²) in [6, 6.07) is 15.6. The molecule has 4 rings (SSSR count). The molecule has 4 aromatic rings. The average Bonchev–Trinajstić information content (AvgIpc) is 3.34. The van der Waals surface area contributed by atoms with Crippen molar-refractivity contribution in [1.29, 1.82) is 0 Å². The van der Waals surface area contributed by atoms with Crippen LogP contribution in [-0.2, 0) is 17.3 Å². The summed E-state index contributed by atoms with van der Waals surface area (Å²) in [5, 5.41) is 11.7. The van der Waals surface area contributed by atoms with E-state index in [0.717, 1.165) is 29.0 Å². The second kappa shape index (κ2) is 10.1. The van der Waals surface area contributed by atoms with E-state index in [2.05, 4.69) is 20.5 Å². The molecule has 2 atom stereocenters. The van der Waals surface area contributed by atoms with E-state index >= 15 is 0 Å². The van der Waals surface area contributed by atoms with E-state index in [4.69, 9.17) is 9.40 Å². The lowest BCUT2D eigenvalue weighted by Gasteiger charge is -2.09. The van der Waals surface area contributed by atoms with Crippen molar-refractivity contribution in [3.05, 3.63) is 66.0 Å². The van der Waals surface area contributed by atoms with E-state index in [-0.39, 0.29) is 5.25 Å². The summed E-state index contributed by atoms with van der Waals surface area (Å²) in [6.45, 7) is 6.70. The van der Waals surface area contributed by atoms with E-state index < -0.39 is 10.8 Å². The predicted molar refractivity (Wildman–Crippen MR) is 130 cm³/mol. The lowest BCUT2D eigenvalue weighted by Crippen LogP contribution is -2.09.